The summed E-state index contributed by atoms with van der Waals surface area (Å²) in [5.41, 5.74) is -0.488. The minimum atomic E-state index is -0.488. The number of aliphatic hydroxyl groups is 1. The van der Waals surface area contributed by atoms with Crippen LogP contribution >= 0.6 is 0 Å². The Morgan fingerprint density at radius 1 is 1.29 bits per heavy atom. The molecule has 4 heterocycles. The molecular weight excluding hydrogens is 270 g/mol. The summed E-state index contributed by atoms with van der Waals surface area (Å²) in [5.74, 6) is 0.940. The Hall–Kier alpha value is -0.200. The normalized spacial score (nSPS) is 53.3. The molecule has 0 amide bonds. The fourth-order valence-corrected chi connectivity index (χ4v) is 5.13. The Morgan fingerprint density at radius 2 is 2.05 bits per heavy atom. The SMILES string of the molecule is CO[C@@H]1O[C@H]2O[C@@]3(CN4CCCCC4)[C@@H]1[C@H](C[C@@H]3O)C2C. The third-order valence-electron chi connectivity index (χ3n) is 6.24. The molecule has 5 nitrogen and oxygen atoms in total. The van der Waals surface area contributed by atoms with E-state index in [2.05, 4.69) is 11.8 Å². The summed E-state index contributed by atoms with van der Waals surface area (Å²) in [5, 5.41) is 10.8. The number of hydrogen-bond donors (Lipinski definition) is 1. The molecule has 21 heavy (non-hydrogen) atoms. The van der Waals surface area contributed by atoms with Crippen LogP contribution in [0.15, 0.2) is 0 Å². The maximum absolute atomic E-state index is 10.8. The van der Waals surface area contributed by atoms with Crippen molar-refractivity contribution in [3.8, 4) is 0 Å². The first-order valence-corrected chi connectivity index (χ1v) is 8.42. The number of fused-ring (bicyclic) bond motifs is 1. The highest BCUT2D eigenvalue weighted by atomic mass is 16.8. The van der Waals surface area contributed by atoms with Crippen molar-refractivity contribution < 1.29 is 19.3 Å². The van der Waals surface area contributed by atoms with Crippen molar-refractivity contribution in [1.29, 1.82) is 0 Å². The molecule has 0 radical (unpaired) electrons. The predicted octanol–water partition coefficient (Wildman–Crippen LogP) is 1.20. The van der Waals surface area contributed by atoms with Crippen LogP contribution in [0.1, 0.15) is 32.6 Å². The van der Waals surface area contributed by atoms with Gasteiger partial charge in [0.25, 0.3) is 0 Å². The molecule has 5 heteroatoms. The molecule has 1 aliphatic carbocycles. The molecule has 0 aromatic heterocycles. The van der Waals surface area contributed by atoms with Crippen LogP contribution in [-0.2, 0) is 14.2 Å². The van der Waals surface area contributed by atoms with E-state index in [0.29, 0.717) is 11.8 Å². The van der Waals surface area contributed by atoms with Gasteiger partial charge in [0.1, 0.15) is 5.60 Å². The standard InChI is InChI=1S/C16H27NO4/c1-10-11-8-12(18)16(9-17-6-4-3-5-7-17)13(11)15(19-2)20-14(10)21-16/h10-15,18H,3-9H2,1-2H3/t10?,11-,12+,13-,14+,15-,16-/m1/s1. The topological polar surface area (TPSA) is 51.2 Å². The molecule has 5 fully saturated rings. The van der Waals surface area contributed by atoms with E-state index in [-0.39, 0.29) is 18.5 Å². The van der Waals surface area contributed by atoms with Gasteiger partial charge >= 0.3 is 0 Å². The summed E-state index contributed by atoms with van der Waals surface area (Å²) in [6.07, 6.45) is 3.79. The number of ether oxygens (including phenoxy) is 3. The Bertz CT molecular complexity index is 400. The summed E-state index contributed by atoms with van der Waals surface area (Å²) < 4.78 is 17.8. The van der Waals surface area contributed by atoms with Crippen molar-refractivity contribution in [2.45, 2.75) is 56.9 Å². The summed E-state index contributed by atoms with van der Waals surface area (Å²) in [6, 6.07) is 0. The second-order valence-corrected chi connectivity index (χ2v) is 7.32. The third kappa shape index (κ3) is 2.01. The number of rotatable bonds is 3. The molecule has 1 saturated carbocycles. The molecule has 5 aliphatic rings. The van der Waals surface area contributed by atoms with Crippen molar-refractivity contribution in [2.24, 2.45) is 17.8 Å². The van der Waals surface area contributed by atoms with Crippen LogP contribution in [0, 0.1) is 17.8 Å². The molecule has 0 spiro atoms. The molecule has 0 aromatic carbocycles. The number of methoxy groups -OCH3 is 1. The second-order valence-electron chi connectivity index (χ2n) is 7.32. The Kier molecular flexibility index (Phi) is 3.54. The second kappa shape index (κ2) is 5.17. The van der Waals surface area contributed by atoms with E-state index in [4.69, 9.17) is 14.2 Å². The maximum atomic E-state index is 10.8. The van der Waals surface area contributed by atoms with Crippen LogP contribution in [0.5, 0.6) is 0 Å². The average Bonchev–Trinajstić information content (AvgIpc) is 2.75. The lowest BCUT2D eigenvalue weighted by atomic mass is 9.73. The van der Waals surface area contributed by atoms with Crippen LogP contribution in [0.25, 0.3) is 0 Å². The molecule has 4 saturated heterocycles. The van der Waals surface area contributed by atoms with Crippen molar-refractivity contribution in [1.82, 2.24) is 4.90 Å². The molecule has 5 rings (SSSR count). The van der Waals surface area contributed by atoms with Crippen molar-refractivity contribution in [2.75, 3.05) is 26.7 Å². The molecule has 4 aliphatic heterocycles. The highest BCUT2D eigenvalue weighted by molar-refractivity contribution is 5.13. The number of nitrogens with zero attached hydrogens (tertiary/aromatic N) is 1. The molecule has 120 valence electrons. The van der Waals surface area contributed by atoms with Gasteiger partial charge in [-0.15, -0.1) is 0 Å². The minimum Gasteiger partial charge on any atom is -0.390 e. The lowest BCUT2D eigenvalue weighted by molar-refractivity contribution is -0.410. The van der Waals surface area contributed by atoms with Gasteiger partial charge in [-0.2, -0.15) is 0 Å². The highest BCUT2D eigenvalue weighted by Gasteiger charge is 2.69. The fourth-order valence-electron chi connectivity index (χ4n) is 5.13. The zero-order valence-electron chi connectivity index (χ0n) is 13.0. The molecule has 1 unspecified atom stereocenters. The average molecular weight is 297 g/mol. The van der Waals surface area contributed by atoms with Gasteiger partial charge in [-0.1, -0.05) is 13.3 Å². The summed E-state index contributed by atoms with van der Waals surface area (Å²) >= 11 is 0. The minimum absolute atomic E-state index is 0.152. The molecule has 1 N–H and O–H groups in total. The Balaban J connectivity index is 1.62. The Labute approximate surface area is 126 Å². The van der Waals surface area contributed by atoms with Crippen LogP contribution in [0.4, 0.5) is 0 Å². The summed E-state index contributed by atoms with van der Waals surface area (Å²) in [4.78, 5) is 2.47. The summed E-state index contributed by atoms with van der Waals surface area (Å²) in [6.45, 7) is 5.24. The van der Waals surface area contributed by atoms with Gasteiger partial charge in [0.15, 0.2) is 12.6 Å². The van der Waals surface area contributed by atoms with Gasteiger partial charge < -0.3 is 24.2 Å². The molecular formula is C16H27NO4. The van der Waals surface area contributed by atoms with E-state index in [1.165, 1.54) is 19.3 Å². The van der Waals surface area contributed by atoms with Crippen LogP contribution < -0.4 is 0 Å². The molecule has 0 aromatic rings. The van der Waals surface area contributed by atoms with Crippen molar-refractivity contribution >= 4 is 0 Å². The third-order valence-corrected chi connectivity index (χ3v) is 6.24. The van der Waals surface area contributed by atoms with Crippen molar-refractivity contribution in [3.05, 3.63) is 0 Å². The highest BCUT2D eigenvalue weighted by Crippen LogP contribution is 2.58. The van der Waals surface area contributed by atoms with Gasteiger partial charge in [0, 0.05) is 25.5 Å². The van der Waals surface area contributed by atoms with E-state index >= 15 is 0 Å². The number of hydrogen-bond acceptors (Lipinski definition) is 5. The van der Waals surface area contributed by atoms with E-state index in [1.807, 2.05) is 0 Å². The number of piperidine rings is 1. The van der Waals surface area contributed by atoms with Gasteiger partial charge in [-0.05, 0) is 38.3 Å². The monoisotopic (exact) mass is 297 g/mol. The first-order chi connectivity index (χ1) is 10.2. The largest absolute Gasteiger partial charge is 0.390 e. The van der Waals surface area contributed by atoms with Gasteiger partial charge in [0.2, 0.25) is 0 Å². The van der Waals surface area contributed by atoms with Gasteiger partial charge in [-0.3, -0.25) is 0 Å². The zero-order valence-corrected chi connectivity index (χ0v) is 13.0. The predicted molar refractivity (Wildman–Crippen MR) is 76.5 cm³/mol. The first-order valence-electron chi connectivity index (χ1n) is 8.42. The van der Waals surface area contributed by atoms with Crippen molar-refractivity contribution in [3.63, 3.8) is 0 Å². The van der Waals surface area contributed by atoms with Crippen LogP contribution in [0.2, 0.25) is 0 Å². The maximum Gasteiger partial charge on any atom is 0.166 e. The van der Waals surface area contributed by atoms with Crippen LogP contribution in [-0.4, -0.2) is 61.0 Å². The Morgan fingerprint density at radius 3 is 2.76 bits per heavy atom. The summed E-state index contributed by atoms with van der Waals surface area (Å²) in [7, 11) is 1.70. The fraction of sp³-hybridized carbons (Fsp3) is 1.00. The van der Waals surface area contributed by atoms with Gasteiger partial charge in [0.05, 0.1) is 6.10 Å². The lowest BCUT2D eigenvalue weighted by Gasteiger charge is -2.56. The molecule has 4 bridgehead atoms. The number of aliphatic hydroxyl groups excluding tert-OH is 1. The molecule has 7 atom stereocenters. The first kappa shape index (κ1) is 14.4. The van der Waals surface area contributed by atoms with E-state index < -0.39 is 11.7 Å². The van der Waals surface area contributed by atoms with E-state index in [1.54, 1.807) is 7.11 Å². The smallest absolute Gasteiger partial charge is 0.166 e. The number of likely N-dealkylation sites (tertiary alicyclic amines) is 1. The zero-order chi connectivity index (χ0) is 14.6. The lowest BCUT2D eigenvalue weighted by Crippen LogP contribution is -2.68. The van der Waals surface area contributed by atoms with E-state index in [9.17, 15) is 5.11 Å². The van der Waals surface area contributed by atoms with Crippen LogP contribution in [0.3, 0.4) is 0 Å². The van der Waals surface area contributed by atoms with E-state index in [0.717, 1.165) is 26.1 Å². The quantitative estimate of drug-likeness (QED) is 0.848. The van der Waals surface area contributed by atoms with Gasteiger partial charge in [-0.25, -0.2) is 0 Å².